The zero-order valence-corrected chi connectivity index (χ0v) is 12.7. The van der Waals surface area contributed by atoms with Crippen LogP contribution in [0.2, 0.25) is 5.02 Å². The van der Waals surface area contributed by atoms with Crippen molar-refractivity contribution in [2.45, 2.75) is 20.3 Å². The summed E-state index contributed by atoms with van der Waals surface area (Å²) < 4.78 is 0. The molecule has 2 N–H and O–H groups in total. The molecule has 1 aromatic heterocycles. The van der Waals surface area contributed by atoms with Crippen LogP contribution in [-0.4, -0.2) is 16.5 Å². The third-order valence-corrected chi connectivity index (χ3v) is 3.17. The standard InChI is InChI=1S/C15H16ClN5/c1-3-6-18-15-19-9-12(16)14(21-15)20-13-7-11(8-17)5-4-10(13)2/h4-5,7,9H,3,6H2,1-2H3,(H2,18,19,20,21). The number of benzene rings is 1. The van der Waals surface area contributed by atoms with Crippen molar-refractivity contribution in [1.29, 1.82) is 5.26 Å². The Labute approximate surface area is 129 Å². The van der Waals surface area contributed by atoms with E-state index >= 15 is 0 Å². The Bertz CT molecular complexity index is 678. The molecule has 0 amide bonds. The van der Waals surface area contributed by atoms with Crippen LogP contribution in [0.5, 0.6) is 0 Å². The minimum atomic E-state index is 0.429. The highest BCUT2D eigenvalue weighted by Crippen LogP contribution is 2.26. The van der Waals surface area contributed by atoms with Crippen molar-refractivity contribution < 1.29 is 0 Å². The van der Waals surface area contributed by atoms with Gasteiger partial charge in [-0.05, 0) is 31.0 Å². The van der Waals surface area contributed by atoms with E-state index in [1.54, 1.807) is 18.3 Å². The van der Waals surface area contributed by atoms with E-state index in [1.807, 2.05) is 13.0 Å². The summed E-state index contributed by atoms with van der Waals surface area (Å²) in [6, 6.07) is 7.54. The van der Waals surface area contributed by atoms with Crippen molar-refractivity contribution in [3.63, 3.8) is 0 Å². The van der Waals surface area contributed by atoms with Crippen molar-refractivity contribution in [1.82, 2.24) is 9.97 Å². The van der Waals surface area contributed by atoms with E-state index < -0.39 is 0 Å². The van der Waals surface area contributed by atoms with Crippen LogP contribution in [0, 0.1) is 18.3 Å². The summed E-state index contributed by atoms with van der Waals surface area (Å²) >= 11 is 6.13. The average Bonchev–Trinajstić information content (AvgIpc) is 2.50. The van der Waals surface area contributed by atoms with E-state index in [9.17, 15) is 0 Å². The molecule has 1 aromatic carbocycles. The van der Waals surface area contributed by atoms with E-state index in [1.165, 1.54) is 0 Å². The first-order valence-electron chi connectivity index (χ1n) is 6.68. The van der Waals surface area contributed by atoms with Crippen molar-refractivity contribution in [3.05, 3.63) is 40.5 Å². The Morgan fingerprint density at radius 3 is 2.90 bits per heavy atom. The lowest BCUT2D eigenvalue weighted by molar-refractivity contribution is 0.953. The predicted octanol–water partition coefficient (Wildman–Crippen LogP) is 3.88. The van der Waals surface area contributed by atoms with Crippen molar-refractivity contribution in [2.24, 2.45) is 0 Å². The van der Waals surface area contributed by atoms with E-state index in [4.69, 9.17) is 16.9 Å². The summed E-state index contributed by atoms with van der Waals surface area (Å²) in [5, 5.41) is 15.7. The summed E-state index contributed by atoms with van der Waals surface area (Å²) in [5.41, 5.74) is 2.39. The molecule has 6 heteroatoms. The molecule has 0 fully saturated rings. The van der Waals surface area contributed by atoms with Crippen LogP contribution in [0.3, 0.4) is 0 Å². The Balaban J connectivity index is 2.28. The van der Waals surface area contributed by atoms with E-state index in [0.29, 0.717) is 22.4 Å². The normalized spacial score (nSPS) is 10.0. The maximum Gasteiger partial charge on any atom is 0.224 e. The molecule has 0 aliphatic heterocycles. The van der Waals surface area contributed by atoms with Gasteiger partial charge in [-0.2, -0.15) is 10.2 Å². The minimum absolute atomic E-state index is 0.429. The first-order valence-corrected chi connectivity index (χ1v) is 7.06. The van der Waals surface area contributed by atoms with Gasteiger partial charge in [-0.15, -0.1) is 0 Å². The number of hydrogen-bond acceptors (Lipinski definition) is 5. The molecule has 0 atom stereocenters. The smallest absolute Gasteiger partial charge is 0.224 e. The van der Waals surface area contributed by atoms with Gasteiger partial charge in [0.2, 0.25) is 5.95 Å². The van der Waals surface area contributed by atoms with Gasteiger partial charge in [0, 0.05) is 12.2 Å². The summed E-state index contributed by atoms with van der Waals surface area (Å²) in [6.07, 6.45) is 2.54. The van der Waals surface area contributed by atoms with Gasteiger partial charge in [0.05, 0.1) is 17.8 Å². The van der Waals surface area contributed by atoms with Crippen LogP contribution in [0.4, 0.5) is 17.5 Å². The second-order valence-corrected chi connectivity index (χ2v) is 4.99. The maximum atomic E-state index is 8.98. The molecule has 0 spiro atoms. The average molecular weight is 302 g/mol. The molecule has 0 saturated heterocycles. The van der Waals surface area contributed by atoms with Crippen molar-refractivity contribution >= 4 is 29.1 Å². The second kappa shape index (κ2) is 6.91. The minimum Gasteiger partial charge on any atom is -0.354 e. The highest BCUT2D eigenvalue weighted by atomic mass is 35.5. The number of nitriles is 1. The molecule has 0 aliphatic carbocycles. The van der Waals surface area contributed by atoms with E-state index in [-0.39, 0.29) is 0 Å². The number of aromatic nitrogens is 2. The van der Waals surface area contributed by atoms with E-state index in [2.05, 4.69) is 33.6 Å². The lowest BCUT2D eigenvalue weighted by Gasteiger charge is -2.12. The van der Waals surface area contributed by atoms with Gasteiger partial charge in [-0.25, -0.2) is 4.98 Å². The summed E-state index contributed by atoms with van der Waals surface area (Å²) in [4.78, 5) is 8.48. The maximum absolute atomic E-state index is 8.98. The fraction of sp³-hybridized carbons (Fsp3) is 0.267. The molecule has 1 heterocycles. The topological polar surface area (TPSA) is 73.6 Å². The molecular weight excluding hydrogens is 286 g/mol. The lowest BCUT2D eigenvalue weighted by atomic mass is 10.1. The van der Waals surface area contributed by atoms with Crippen LogP contribution in [-0.2, 0) is 0 Å². The first kappa shape index (κ1) is 15.1. The molecule has 0 aliphatic rings. The summed E-state index contributed by atoms with van der Waals surface area (Å²) in [7, 11) is 0. The number of halogens is 1. The molecular formula is C15H16ClN5. The first-order chi connectivity index (χ1) is 10.1. The number of hydrogen-bond donors (Lipinski definition) is 2. The Kier molecular flexibility index (Phi) is 4.96. The SMILES string of the molecule is CCCNc1ncc(Cl)c(Nc2cc(C#N)ccc2C)n1. The van der Waals surface area contributed by atoms with Crippen LogP contribution in [0.25, 0.3) is 0 Å². The molecule has 0 unspecified atom stereocenters. The number of anilines is 3. The molecule has 108 valence electrons. The van der Waals surface area contributed by atoms with Gasteiger partial charge in [-0.1, -0.05) is 24.6 Å². The Hall–Kier alpha value is -2.32. The molecule has 0 radical (unpaired) electrons. The van der Waals surface area contributed by atoms with Gasteiger partial charge in [0.25, 0.3) is 0 Å². The highest BCUT2D eigenvalue weighted by Gasteiger charge is 2.08. The number of nitrogens with zero attached hydrogens (tertiary/aromatic N) is 3. The van der Waals surface area contributed by atoms with Gasteiger partial charge in [-0.3, -0.25) is 0 Å². The Morgan fingerprint density at radius 2 is 2.19 bits per heavy atom. The van der Waals surface area contributed by atoms with E-state index in [0.717, 1.165) is 24.2 Å². The number of nitrogens with one attached hydrogen (secondary N) is 2. The third-order valence-electron chi connectivity index (χ3n) is 2.90. The summed E-state index contributed by atoms with van der Waals surface area (Å²) in [5.74, 6) is 1.04. The Morgan fingerprint density at radius 1 is 1.38 bits per heavy atom. The zero-order valence-electron chi connectivity index (χ0n) is 11.9. The molecule has 5 nitrogen and oxygen atoms in total. The number of aryl methyl sites for hydroxylation is 1. The van der Waals surface area contributed by atoms with Crippen LogP contribution < -0.4 is 10.6 Å². The fourth-order valence-electron chi connectivity index (χ4n) is 1.73. The van der Waals surface area contributed by atoms with Crippen LogP contribution in [0.15, 0.2) is 24.4 Å². The fourth-order valence-corrected chi connectivity index (χ4v) is 1.87. The van der Waals surface area contributed by atoms with Gasteiger partial charge < -0.3 is 10.6 Å². The van der Waals surface area contributed by atoms with Gasteiger partial charge in [0.1, 0.15) is 5.02 Å². The molecule has 2 aromatic rings. The second-order valence-electron chi connectivity index (χ2n) is 4.58. The lowest BCUT2D eigenvalue weighted by Crippen LogP contribution is -2.06. The van der Waals surface area contributed by atoms with Crippen LogP contribution >= 0.6 is 11.6 Å². The monoisotopic (exact) mass is 301 g/mol. The highest BCUT2D eigenvalue weighted by molar-refractivity contribution is 6.32. The summed E-state index contributed by atoms with van der Waals surface area (Å²) in [6.45, 7) is 4.82. The van der Waals surface area contributed by atoms with Gasteiger partial charge in [0.15, 0.2) is 5.82 Å². The predicted molar refractivity (Wildman–Crippen MR) is 85.0 cm³/mol. The molecule has 0 saturated carbocycles. The zero-order chi connectivity index (χ0) is 15.2. The number of rotatable bonds is 5. The third kappa shape index (κ3) is 3.83. The van der Waals surface area contributed by atoms with Crippen LogP contribution in [0.1, 0.15) is 24.5 Å². The molecule has 2 rings (SSSR count). The molecule has 21 heavy (non-hydrogen) atoms. The molecule has 0 bridgehead atoms. The van der Waals surface area contributed by atoms with Crippen molar-refractivity contribution in [2.75, 3.05) is 17.2 Å². The van der Waals surface area contributed by atoms with Crippen molar-refractivity contribution in [3.8, 4) is 6.07 Å². The quantitative estimate of drug-likeness (QED) is 0.877. The largest absolute Gasteiger partial charge is 0.354 e. The van der Waals surface area contributed by atoms with Gasteiger partial charge >= 0.3 is 0 Å².